The van der Waals surface area contributed by atoms with Gasteiger partial charge in [-0.15, -0.1) is 0 Å². The van der Waals surface area contributed by atoms with Crippen LogP contribution in [0, 0.1) is 0 Å². The van der Waals surface area contributed by atoms with Gasteiger partial charge in [0.25, 0.3) is 0 Å². The molecule has 3 heterocycles. The number of fused-ring (bicyclic) bond motifs is 13. The number of pyridine rings is 2. The van der Waals surface area contributed by atoms with E-state index in [4.69, 9.17) is 14.4 Å². The summed E-state index contributed by atoms with van der Waals surface area (Å²) in [5, 5.41) is 11.3. The van der Waals surface area contributed by atoms with E-state index in [2.05, 4.69) is 103 Å². The van der Waals surface area contributed by atoms with Gasteiger partial charge in [-0.05, 0) is 33.7 Å². The second kappa shape index (κ2) is 7.62. The van der Waals surface area contributed by atoms with Crippen molar-refractivity contribution >= 4 is 76.1 Å². The molecule has 0 N–H and O–H groups in total. The van der Waals surface area contributed by atoms with Crippen molar-refractivity contribution in [2.75, 3.05) is 0 Å². The first-order valence-corrected chi connectivity index (χ1v) is 13.2. The summed E-state index contributed by atoms with van der Waals surface area (Å²) in [7, 11) is 0. The lowest BCUT2D eigenvalue weighted by Crippen LogP contribution is -1.95. The van der Waals surface area contributed by atoms with Crippen LogP contribution in [0.5, 0.6) is 0 Å². The van der Waals surface area contributed by atoms with Crippen LogP contribution in [0.15, 0.2) is 126 Å². The van der Waals surface area contributed by atoms with E-state index in [0.29, 0.717) is 0 Å². The fourth-order valence-corrected chi connectivity index (χ4v) is 6.36. The minimum atomic E-state index is 0.821. The molecule has 0 saturated heterocycles. The molecule has 0 fully saturated rings. The number of benzene rings is 6. The maximum atomic E-state index is 6.59. The second-order valence-electron chi connectivity index (χ2n) is 10.1. The molecule has 0 aliphatic heterocycles. The molecule has 0 atom stereocenters. The molecule has 3 nitrogen and oxygen atoms in total. The smallest absolute Gasteiger partial charge is 0.162 e. The summed E-state index contributed by atoms with van der Waals surface area (Å²) >= 11 is 0. The van der Waals surface area contributed by atoms with Crippen LogP contribution in [-0.2, 0) is 0 Å². The highest BCUT2D eigenvalue weighted by Gasteiger charge is 2.22. The third kappa shape index (κ3) is 2.76. The highest BCUT2D eigenvalue weighted by atomic mass is 16.3. The van der Waals surface area contributed by atoms with Crippen LogP contribution in [0.3, 0.4) is 0 Å². The fourth-order valence-electron chi connectivity index (χ4n) is 6.36. The van der Waals surface area contributed by atoms with E-state index in [9.17, 15) is 0 Å². The Hall–Kier alpha value is -5.28. The van der Waals surface area contributed by atoms with E-state index in [1.54, 1.807) is 0 Å². The first-order valence-electron chi connectivity index (χ1n) is 13.2. The summed E-state index contributed by atoms with van der Waals surface area (Å²) in [5.41, 5.74) is 5.28. The van der Waals surface area contributed by atoms with Crippen LogP contribution < -0.4 is 0 Å². The maximum Gasteiger partial charge on any atom is 0.162 e. The number of furan rings is 1. The Kier molecular flexibility index (Phi) is 4.05. The van der Waals surface area contributed by atoms with E-state index in [-0.39, 0.29) is 0 Å². The third-order valence-corrected chi connectivity index (χ3v) is 8.02. The molecule has 0 saturated carbocycles. The summed E-state index contributed by atoms with van der Waals surface area (Å²) in [6.45, 7) is 0. The molecule has 0 radical (unpaired) electrons. The normalized spacial score (nSPS) is 12.1. The Bertz CT molecular complexity index is 2450. The molecule has 0 unspecified atom stereocenters. The average Bonchev–Trinajstić information content (AvgIpc) is 3.40. The van der Waals surface area contributed by atoms with Crippen LogP contribution in [0.2, 0.25) is 0 Å². The molecule has 0 amide bonds. The maximum absolute atomic E-state index is 6.59. The summed E-state index contributed by atoms with van der Waals surface area (Å²) in [6.07, 6.45) is 0. The molecular formula is C36H20N2O. The number of aromatic nitrogens is 2. The topological polar surface area (TPSA) is 38.9 Å². The van der Waals surface area contributed by atoms with E-state index < -0.39 is 0 Å². The van der Waals surface area contributed by atoms with Crippen LogP contribution >= 0.6 is 0 Å². The Morgan fingerprint density at radius 2 is 0.872 bits per heavy atom. The van der Waals surface area contributed by atoms with Gasteiger partial charge in [-0.2, -0.15) is 0 Å². The molecule has 9 rings (SSSR count). The third-order valence-electron chi connectivity index (χ3n) is 8.02. The number of rotatable bonds is 1. The first kappa shape index (κ1) is 20.7. The van der Waals surface area contributed by atoms with Crippen molar-refractivity contribution in [1.29, 1.82) is 0 Å². The highest BCUT2D eigenvalue weighted by molar-refractivity contribution is 6.34. The first-order chi connectivity index (χ1) is 19.4. The molecular weight excluding hydrogens is 476 g/mol. The van der Waals surface area contributed by atoms with Crippen LogP contribution in [0.4, 0.5) is 0 Å². The van der Waals surface area contributed by atoms with Gasteiger partial charge in [0.1, 0.15) is 11.1 Å². The molecule has 0 bridgehead atoms. The fraction of sp³-hybridized carbons (Fsp3) is 0. The van der Waals surface area contributed by atoms with E-state index in [1.807, 2.05) is 18.2 Å². The lowest BCUT2D eigenvalue weighted by Gasteiger charge is -2.15. The van der Waals surface area contributed by atoms with Crippen molar-refractivity contribution in [1.82, 2.24) is 9.97 Å². The predicted molar refractivity (Wildman–Crippen MR) is 162 cm³/mol. The SMILES string of the molecule is c1ccc2c(c1)nc(-c1nc3c4oc5ccccc5c4c4ccccc4c3c3ccccc13)c1ccccc12. The van der Waals surface area contributed by atoms with Gasteiger partial charge in [0.15, 0.2) is 5.58 Å². The Morgan fingerprint density at radius 3 is 1.62 bits per heavy atom. The average molecular weight is 497 g/mol. The highest BCUT2D eigenvalue weighted by Crippen LogP contribution is 2.44. The number of hydrogen-bond acceptors (Lipinski definition) is 3. The largest absolute Gasteiger partial charge is 0.454 e. The van der Waals surface area contributed by atoms with Gasteiger partial charge in [-0.3, -0.25) is 0 Å². The van der Waals surface area contributed by atoms with Gasteiger partial charge < -0.3 is 4.42 Å². The van der Waals surface area contributed by atoms with Crippen LogP contribution in [-0.4, -0.2) is 9.97 Å². The van der Waals surface area contributed by atoms with Gasteiger partial charge in [0.2, 0.25) is 0 Å². The zero-order chi connectivity index (χ0) is 25.5. The summed E-state index contributed by atoms with van der Waals surface area (Å²) in [6, 6.07) is 42.3. The van der Waals surface area contributed by atoms with Crippen molar-refractivity contribution in [2.24, 2.45) is 0 Å². The van der Waals surface area contributed by atoms with Crippen molar-refractivity contribution in [3.05, 3.63) is 121 Å². The number of nitrogens with zero attached hydrogens (tertiary/aromatic N) is 2. The lowest BCUT2D eigenvalue weighted by atomic mass is 9.93. The van der Waals surface area contributed by atoms with Crippen molar-refractivity contribution in [3.8, 4) is 11.4 Å². The lowest BCUT2D eigenvalue weighted by molar-refractivity contribution is 0.672. The zero-order valence-electron chi connectivity index (χ0n) is 20.8. The molecule has 0 spiro atoms. The minimum absolute atomic E-state index is 0.821. The van der Waals surface area contributed by atoms with Crippen LogP contribution in [0.25, 0.3) is 87.4 Å². The van der Waals surface area contributed by atoms with E-state index in [0.717, 1.165) is 71.3 Å². The van der Waals surface area contributed by atoms with E-state index in [1.165, 1.54) is 16.2 Å². The molecule has 3 heteroatoms. The molecule has 6 aromatic carbocycles. The summed E-state index contributed by atoms with van der Waals surface area (Å²) < 4.78 is 6.59. The molecule has 0 aliphatic carbocycles. The quantitative estimate of drug-likeness (QED) is 0.212. The van der Waals surface area contributed by atoms with Crippen molar-refractivity contribution in [2.45, 2.75) is 0 Å². The molecule has 39 heavy (non-hydrogen) atoms. The molecule has 3 aromatic heterocycles. The van der Waals surface area contributed by atoms with Gasteiger partial charge in [0.05, 0.1) is 16.9 Å². The zero-order valence-corrected chi connectivity index (χ0v) is 20.8. The summed E-state index contributed by atoms with van der Waals surface area (Å²) in [4.78, 5) is 10.7. The standard InChI is InChI=1S/C36H20N2O/c1-5-16-26-21(11-1)22-12-7-9-19-29(22)37-33(26)34-27-17-6-4-15-25(27)31-23-13-2-3-14-24(23)32-28-18-8-10-20-30(28)39-36(32)35(31)38-34/h1-20H. The minimum Gasteiger partial charge on any atom is -0.454 e. The second-order valence-corrected chi connectivity index (χ2v) is 10.1. The van der Waals surface area contributed by atoms with Crippen LogP contribution in [0.1, 0.15) is 0 Å². The molecule has 180 valence electrons. The van der Waals surface area contributed by atoms with E-state index >= 15 is 0 Å². The van der Waals surface area contributed by atoms with Gasteiger partial charge in [-0.25, -0.2) is 9.97 Å². The Labute approximate surface area is 222 Å². The van der Waals surface area contributed by atoms with Crippen molar-refractivity contribution < 1.29 is 4.42 Å². The molecule has 0 aliphatic rings. The van der Waals surface area contributed by atoms with Gasteiger partial charge in [-0.1, -0.05) is 109 Å². The Morgan fingerprint density at radius 1 is 0.385 bits per heavy atom. The number of para-hydroxylation sites is 2. The van der Waals surface area contributed by atoms with Gasteiger partial charge >= 0.3 is 0 Å². The van der Waals surface area contributed by atoms with Crippen molar-refractivity contribution in [3.63, 3.8) is 0 Å². The van der Waals surface area contributed by atoms with Gasteiger partial charge in [0, 0.05) is 32.3 Å². The Balaban J connectivity index is 1.56. The number of hydrogen-bond donors (Lipinski definition) is 0. The summed E-state index contributed by atoms with van der Waals surface area (Å²) in [5.74, 6) is 0. The monoisotopic (exact) mass is 496 g/mol. The molecule has 9 aromatic rings. The predicted octanol–water partition coefficient (Wildman–Crippen LogP) is 9.81.